The molecular weight excluding hydrogens is 396 g/mol. The molecule has 0 bridgehead atoms. The maximum atomic E-state index is 12.2. The van der Waals surface area contributed by atoms with E-state index in [2.05, 4.69) is 16.2 Å². The van der Waals surface area contributed by atoms with Crippen LogP contribution in [0, 0.1) is 16.0 Å². The zero-order chi connectivity index (χ0) is 21.4. The van der Waals surface area contributed by atoms with Crippen molar-refractivity contribution in [3.63, 3.8) is 0 Å². The molecule has 29 heavy (non-hydrogen) atoms. The van der Waals surface area contributed by atoms with E-state index in [-0.39, 0.29) is 16.4 Å². The molecule has 3 N–H and O–H groups in total. The van der Waals surface area contributed by atoms with E-state index in [0.29, 0.717) is 23.8 Å². The highest BCUT2D eigenvalue weighted by molar-refractivity contribution is 7.80. The van der Waals surface area contributed by atoms with E-state index >= 15 is 0 Å². The maximum absolute atomic E-state index is 12.2. The number of benzene rings is 2. The van der Waals surface area contributed by atoms with Crippen LogP contribution < -0.4 is 20.9 Å². The van der Waals surface area contributed by atoms with Gasteiger partial charge in [0.05, 0.1) is 11.5 Å². The molecule has 2 amide bonds. The average Bonchev–Trinajstić information content (AvgIpc) is 2.70. The van der Waals surface area contributed by atoms with Gasteiger partial charge >= 0.3 is 0 Å². The van der Waals surface area contributed by atoms with Crippen molar-refractivity contribution in [2.24, 2.45) is 5.92 Å². The first-order valence-electron chi connectivity index (χ1n) is 8.66. The second kappa shape index (κ2) is 10.1. The van der Waals surface area contributed by atoms with Crippen LogP contribution in [-0.4, -0.2) is 28.5 Å². The molecule has 0 saturated heterocycles. The summed E-state index contributed by atoms with van der Waals surface area (Å²) in [6, 6.07) is 12.0. The highest BCUT2D eigenvalue weighted by atomic mass is 32.1. The van der Waals surface area contributed by atoms with Crippen molar-refractivity contribution in [3.8, 4) is 5.75 Å². The molecule has 0 unspecified atom stereocenters. The normalized spacial score (nSPS) is 10.2. The summed E-state index contributed by atoms with van der Waals surface area (Å²) in [5.74, 6) is -0.218. The van der Waals surface area contributed by atoms with Crippen LogP contribution in [0.3, 0.4) is 0 Å². The Kier molecular flexibility index (Phi) is 7.61. The van der Waals surface area contributed by atoms with E-state index < -0.39 is 16.7 Å². The molecule has 2 aromatic carbocycles. The lowest BCUT2D eigenvalue weighted by molar-refractivity contribution is -0.385. The Morgan fingerprint density at radius 2 is 1.72 bits per heavy atom. The van der Waals surface area contributed by atoms with Crippen molar-refractivity contribution in [2.45, 2.75) is 13.8 Å². The third kappa shape index (κ3) is 6.54. The Bertz CT molecular complexity index is 915. The first-order chi connectivity index (χ1) is 13.8. The number of ether oxygens (including phenoxy) is 1. The number of rotatable bonds is 6. The van der Waals surface area contributed by atoms with Crippen LogP contribution in [0.15, 0.2) is 48.5 Å². The molecule has 0 saturated carbocycles. The molecular formula is C19H20N4O5S. The summed E-state index contributed by atoms with van der Waals surface area (Å²) in [6.07, 6.45) is 0. The minimum atomic E-state index is -0.768. The number of nitro benzene ring substituents is 1. The summed E-state index contributed by atoms with van der Waals surface area (Å²) >= 11 is 4.94. The summed E-state index contributed by atoms with van der Waals surface area (Å²) in [7, 11) is 0. The lowest BCUT2D eigenvalue weighted by atomic mass is 10.1. The van der Waals surface area contributed by atoms with Gasteiger partial charge in [-0.3, -0.25) is 35.9 Å². The number of carbonyl (C=O) groups excluding carboxylic acids is 2. The first kappa shape index (κ1) is 21.8. The predicted molar refractivity (Wildman–Crippen MR) is 111 cm³/mol. The summed E-state index contributed by atoms with van der Waals surface area (Å²) < 4.78 is 5.55. The van der Waals surface area contributed by atoms with Gasteiger partial charge in [0.2, 0.25) is 0 Å². The standard InChI is InChI=1S/C19H20N4O5S/c1-12(2)11-28-14-9-7-13(8-10-14)17(24)21-22-19(29)20-18(25)15-5-3-4-6-16(15)23(26)27/h3-10,12H,11H2,1-2H3,(H,21,24)(H2,20,22,25,29). The van der Waals surface area contributed by atoms with Crippen LogP contribution in [0.5, 0.6) is 5.75 Å². The Morgan fingerprint density at radius 3 is 2.34 bits per heavy atom. The Morgan fingerprint density at radius 1 is 1.07 bits per heavy atom. The lowest BCUT2D eigenvalue weighted by Crippen LogP contribution is -2.48. The van der Waals surface area contributed by atoms with Crippen molar-refractivity contribution < 1.29 is 19.2 Å². The van der Waals surface area contributed by atoms with Crippen molar-refractivity contribution >= 4 is 34.8 Å². The number of nitrogens with zero attached hydrogens (tertiary/aromatic N) is 1. The number of nitro groups is 1. The minimum Gasteiger partial charge on any atom is -0.493 e. The predicted octanol–water partition coefficient (Wildman–Crippen LogP) is 2.58. The van der Waals surface area contributed by atoms with Gasteiger partial charge in [-0.05, 0) is 48.5 Å². The molecule has 10 heteroatoms. The molecule has 2 rings (SSSR count). The first-order valence-corrected chi connectivity index (χ1v) is 9.06. The smallest absolute Gasteiger partial charge is 0.282 e. The van der Waals surface area contributed by atoms with Gasteiger partial charge in [0.15, 0.2) is 5.11 Å². The summed E-state index contributed by atoms with van der Waals surface area (Å²) in [5.41, 5.74) is 4.58. The summed E-state index contributed by atoms with van der Waals surface area (Å²) in [6.45, 7) is 4.64. The Balaban J connectivity index is 1.88. The zero-order valence-corrected chi connectivity index (χ0v) is 16.6. The molecule has 0 aliphatic heterocycles. The number of hydrogen-bond donors (Lipinski definition) is 3. The SMILES string of the molecule is CC(C)COc1ccc(C(=O)NNC(=S)NC(=O)c2ccccc2[N+](=O)[O-])cc1. The largest absolute Gasteiger partial charge is 0.493 e. The molecule has 0 aliphatic rings. The number of hydrogen-bond acceptors (Lipinski definition) is 6. The summed E-state index contributed by atoms with van der Waals surface area (Å²) in [5, 5.41) is 13.1. The number of amides is 2. The highest BCUT2D eigenvalue weighted by Crippen LogP contribution is 2.17. The quantitative estimate of drug-likeness (QED) is 0.376. The summed E-state index contributed by atoms with van der Waals surface area (Å²) in [4.78, 5) is 34.7. The van der Waals surface area contributed by atoms with Crippen molar-refractivity contribution in [1.82, 2.24) is 16.2 Å². The number of carbonyl (C=O) groups is 2. The van der Waals surface area contributed by atoms with Gasteiger partial charge in [0.25, 0.3) is 17.5 Å². The molecule has 2 aromatic rings. The highest BCUT2D eigenvalue weighted by Gasteiger charge is 2.20. The molecule has 0 atom stereocenters. The van der Waals surface area contributed by atoms with Crippen molar-refractivity contribution in [3.05, 3.63) is 69.8 Å². The van der Waals surface area contributed by atoms with Crippen LogP contribution in [-0.2, 0) is 0 Å². The zero-order valence-electron chi connectivity index (χ0n) is 15.8. The van der Waals surface area contributed by atoms with E-state index in [1.54, 1.807) is 24.3 Å². The number of thiocarbonyl (C=S) groups is 1. The third-order valence-electron chi connectivity index (χ3n) is 3.56. The number of para-hydroxylation sites is 1. The van der Waals surface area contributed by atoms with Gasteiger partial charge in [0, 0.05) is 11.6 Å². The van der Waals surface area contributed by atoms with Crippen molar-refractivity contribution in [2.75, 3.05) is 6.61 Å². The number of hydrazine groups is 1. The lowest BCUT2D eigenvalue weighted by Gasteiger charge is -2.12. The van der Waals surface area contributed by atoms with Gasteiger partial charge in [0.1, 0.15) is 11.3 Å². The Labute approximate surface area is 172 Å². The molecule has 0 radical (unpaired) electrons. The maximum Gasteiger partial charge on any atom is 0.282 e. The third-order valence-corrected chi connectivity index (χ3v) is 3.77. The van der Waals surface area contributed by atoms with Gasteiger partial charge in [-0.25, -0.2) is 0 Å². The Hall–Kier alpha value is -3.53. The minimum absolute atomic E-state index is 0.148. The van der Waals surface area contributed by atoms with Gasteiger partial charge in [-0.2, -0.15) is 0 Å². The molecule has 0 heterocycles. The second-order valence-corrected chi connectivity index (χ2v) is 6.77. The van der Waals surface area contributed by atoms with Gasteiger partial charge in [-0.15, -0.1) is 0 Å². The molecule has 9 nitrogen and oxygen atoms in total. The molecule has 0 aliphatic carbocycles. The molecule has 0 spiro atoms. The number of nitrogens with one attached hydrogen (secondary N) is 3. The van der Waals surface area contributed by atoms with Crippen LogP contribution >= 0.6 is 12.2 Å². The second-order valence-electron chi connectivity index (χ2n) is 6.37. The van der Waals surface area contributed by atoms with Crippen LogP contribution in [0.25, 0.3) is 0 Å². The van der Waals surface area contributed by atoms with E-state index in [9.17, 15) is 19.7 Å². The van der Waals surface area contributed by atoms with Gasteiger partial charge in [-0.1, -0.05) is 26.0 Å². The fraction of sp³-hybridized carbons (Fsp3) is 0.211. The fourth-order valence-electron chi connectivity index (χ4n) is 2.18. The fourth-order valence-corrected chi connectivity index (χ4v) is 2.32. The monoisotopic (exact) mass is 416 g/mol. The topological polar surface area (TPSA) is 123 Å². The molecule has 0 fully saturated rings. The van der Waals surface area contributed by atoms with Gasteiger partial charge < -0.3 is 4.74 Å². The van der Waals surface area contributed by atoms with Crippen LogP contribution in [0.4, 0.5) is 5.69 Å². The average molecular weight is 416 g/mol. The van der Waals surface area contributed by atoms with Crippen LogP contribution in [0.2, 0.25) is 0 Å². The van der Waals surface area contributed by atoms with E-state index in [0.717, 1.165) is 0 Å². The van der Waals surface area contributed by atoms with Crippen molar-refractivity contribution in [1.29, 1.82) is 0 Å². The van der Waals surface area contributed by atoms with E-state index in [4.69, 9.17) is 17.0 Å². The molecule has 0 aromatic heterocycles. The van der Waals surface area contributed by atoms with Crippen LogP contribution in [0.1, 0.15) is 34.6 Å². The molecule has 152 valence electrons. The van der Waals surface area contributed by atoms with E-state index in [1.165, 1.54) is 24.3 Å². The van der Waals surface area contributed by atoms with E-state index in [1.807, 2.05) is 13.8 Å².